The molecule has 0 aromatic rings. The van der Waals surface area contributed by atoms with E-state index in [1.807, 2.05) is 0 Å². The van der Waals surface area contributed by atoms with Gasteiger partial charge in [-0.25, -0.2) is 5.14 Å². The zero-order valence-corrected chi connectivity index (χ0v) is 7.12. The molecular weight excluding hydrogens is 176 g/mol. The largest absolute Gasteiger partial charge is 0.276 e. The van der Waals surface area contributed by atoms with Crippen molar-refractivity contribution in [2.45, 2.75) is 12.8 Å². The molecule has 0 atom stereocenters. The number of nitrogens with two attached hydrogens (primary N) is 1. The van der Waals surface area contributed by atoms with Gasteiger partial charge in [0.05, 0.1) is 0 Å². The van der Waals surface area contributed by atoms with Gasteiger partial charge in [0.25, 0.3) is 10.2 Å². The molecule has 6 heteroatoms. The van der Waals surface area contributed by atoms with Gasteiger partial charge in [0.1, 0.15) is 0 Å². The molecule has 0 aromatic heterocycles. The number of rotatable bonds is 1. The molecule has 1 fully saturated rings. The standard InChI is InChI=1S/C4H10N2O2S.ClH/c5-9(7,8)6-3-1-2-4-6;/h1-4H2,(H2,5,7,8);1H. The average molecular weight is 187 g/mol. The van der Waals surface area contributed by atoms with Gasteiger partial charge in [0.15, 0.2) is 0 Å². The van der Waals surface area contributed by atoms with Crippen molar-refractivity contribution in [3.8, 4) is 0 Å². The molecule has 0 amide bonds. The second-order valence-corrected chi connectivity index (χ2v) is 3.70. The lowest BCUT2D eigenvalue weighted by Crippen LogP contribution is -2.33. The SMILES string of the molecule is Cl.NS(=O)(=O)N1CCCC1. The smallest absolute Gasteiger partial charge is 0.216 e. The molecule has 10 heavy (non-hydrogen) atoms. The highest BCUT2D eigenvalue weighted by molar-refractivity contribution is 7.86. The minimum Gasteiger partial charge on any atom is -0.216 e. The summed E-state index contributed by atoms with van der Waals surface area (Å²) in [5.74, 6) is 0. The van der Waals surface area contributed by atoms with Crippen molar-refractivity contribution in [3.63, 3.8) is 0 Å². The highest BCUT2D eigenvalue weighted by atomic mass is 35.5. The second kappa shape index (κ2) is 3.52. The van der Waals surface area contributed by atoms with E-state index in [1.165, 1.54) is 4.31 Å². The Bertz CT molecular complexity index is 185. The van der Waals surface area contributed by atoms with Gasteiger partial charge in [-0.15, -0.1) is 12.4 Å². The summed E-state index contributed by atoms with van der Waals surface area (Å²) in [4.78, 5) is 0. The zero-order chi connectivity index (χ0) is 6.91. The van der Waals surface area contributed by atoms with Crippen molar-refractivity contribution >= 4 is 22.6 Å². The molecule has 1 heterocycles. The van der Waals surface area contributed by atoms with Crippen LogP contribution in [-0.4, -0.2) is 25.8 Å². The highest BCUT2D eigenvalue weighted by Gasteiger charge is 2.20. The Labute approximate surface area is 67.0 Å². The summed E-state index contributed by atoms with van der Waals surface area (Å²) < 4.78 is 22.4. The predicted octanol–water partition coefficient (Wildman–Crippen LogP) is -0.293. The van der Waals surface area contributed by atoms with Crippen LogP contribution in [0.2, 0.25) is 0 Å². The lowest BCUT2D eigenvalue weighted by atomic mass is 10.4. The lowest BCUT2D eigenvalue weighted by molar-refractivity contribution is 0.479. The van der Waals surface area contributed by atoms with Crippen molar-refractivity contribution in [1.29, 1.82) is 0 Å². The van der Waals surface area contributed by atoms with Crippen LogP contribution in [-0.2, 0) is 10.2 Å². The third kappa shape index (κ3) is 2.42. The molecule has 62 valence electrons. The Balaban J connectivity index is 0.000000810. The summed E-state index contributed by atoms with van der Waals surface area (Å²) in [5.41, 5.74) is 0. The number of hydrogen-bond donors (Lipinski definition) is 1. The first-order valence-corrected chi connectivity index (χ1v) is 4.39. The molecule has 2 N–H and O–H groups in total. The van der Waals surface area contributed by atoms with Crippen LogP contribution in [0.4, 0.5) is 0 Å². The van der Waals surface area contributed by atoms with E-state index >= 15 is 0 Å². The molecule has 1 aliphatic rings. The number of halogens is 1. The van der Waals surface area contributed by atoms with Crippen molar-refractivity contribution in [2.75, 3.05) is 13.1 Å². The fourth-order valence-corrected chi connectivity index (χ4v) is 1.71. The van der Waals surface area contributed by atoms with Gasteiger partial charge in [-0.05, 0) is 12.8 Å². The quantitative estimate of drug-likeness (QED) is 0.612. The van der Waals surface area contributed by atoms with Gasteiger partial charge in [-0.2, -0.15) is 12.7 Å². The van der Waals surface area contributed by atoms with Gasteiger partial charge in [0, 0.05) is 13.1 Å². The molecule has 0 spiro atoms. The third-order valence-corrected chi connectivity index (χ3v) is 2.51. The van der Waals surface area contributed by atoms with Crippen LogP contribution in [0.3, 0.4) is 0 Å². The summed E-state index contributed by atoms with van der Waals surface area (Å²) in [6, 6.07) is 0. The molecule has 0 aromatic carbocycles. The van der Waals surface area contributed by atoms with Crippen LogP contribution in [0.15, 0.2) is 0 Å². The lowest BCUT2D eigenvalue weighted by Gasteiger charge is -2.09. The Kier molecular flexibility index (Phi) is 3.58. The molecule has 1 aliphatic heterocycles. The molecule has 0 unspecified atom stereocenters. The maximum absolute atomic E-state index is 10.5. The van der Waals surface area contributed by atoms with Crippen molar-refractivity contribution in [2.24, 2.45) is 5.14 Å². The number of hydrogen-bond acceptors (Lipinski definition) is 2. The molecular formula is C4H11ClN2O2S. The summed E-state index contributed by atoms with van der Waals surface area (Å²) in [7, 11) is -3.37. The van der Waals surface area contributed by atoms with Crippen LogP contribution in [0.1, 0.15) is 12.8 Å². The van der Waals surface area contributed by atoms with E-state index in [0.717, 1.165) is 12.8 Å². The molecule has 0 saturated carbocycles. The van der Waals surface area contributed by atoms with Crippen molar-refractivity contribution < 1.29 is 8.42 Å². The summed E-state index contributed by atoms with van der Waals surface area (Å²) >= 11 is 0. The van der Waals surface area contributed by atoms with E-state index in [2.05, 4.69) is 0 Å². The number of nitrogens with zero attached hydrogens (tertiary/aromatic N) is 1. The van der Waals surface area contributed by atoms with Gasteiger partial charge < -0.3 is 0 Å². The van der Waals surface area contributed by atoms with E-state index in [9.17, 15) is 8.42 Å². The minimum atomic E-state index is -3.37. The fourth-order valence-electron chi connectivity index (χ4n) is 0.943. The van der Waals surface area contributed by atoms with E-state index in [4.69, 9.17) is 5.14 Å². The van der Waals surface area contributed by atoms with Gasteiger partial charge in [-0.1, -0.05) is 0 Å². The van der Waals surface area contributed by atoms with E-state index < -0.39 is 10.2 Å². The first kappa shape index (κ1) is 10.2. The summed E-state index contributed by atoms with van der Waals surface area (Å²) in [5, 5.41) is 4.84. The van der Waals surface area contributed by atoms with Crippen LogP contribution in [0.5, 0.6) is 0 Å². The first-order valence-electron chi connectivity index (χ1n) is 2.88. The Morgan fingerprint density at radius 2 is 1.60 bits per heavy atom. The maximum atomic E-state index is 10.5. The van der Waals surface area contributed by atoms with Gasteiger partial charge in [0.2, 0.25) is 0 Å². The van der Waals surface area contributed by atoms with Crippen LogP contribution >= 0.6 is 12.4 Å². The molecule has 1 saturated heterocycles. The zero-order valence-electron chi connectivity index (χ0n) is 5.49. The minimum absolute atomic E-state index is 0. The van der Waals surface area contributed by atoms with Gasteiger partial charge in [-0.3, -0.25) is 0 Å². The molecule has 4 nitrogen and oxygen atoms in total. The third-order valence-electron chi connectivity index (χ3n) is 1.42. The van der Waals surface area contributed by atoms with E-state index in [-0.39, 0.29) is 12.4 Å². The van der Waals surface area contributed by atoms with Crippen LogP contribution in [0, 0.1) is 0 Å². The van der Waals surface area contributed by atoms with E-state index in [0.29, 0.717) is 13.1 Å². The summed E-state index contributed by atoms with van der Waals surface area (Å²) in [6.45, 7) is 1.19. The fraction of sp³-hybridized carbons (Fsp3) is 1.00. The molecule has 1 rings (SSSR count). The van der Waals surface area contributed by atoms with Crippen LogP contribution in [0.25, 0.3) is 0 Å². The molecule has 0 bridgehead atoms. The normalized spacial score (nSPS) is 20.5. The topological polar surface area (TPSA) is 63.4 Å². The maximum Gasteiger partial charge on any atom is 0.276 e. The summed E-state index contributed by atoms with van der Waals surface area (Å²) in [6.07, 6.45) is 1.88. The Morgan fingerprint density at radius 1 is 1.20 bits per heavy atom. The van der Waals surface area contributed by atoms with E-state index in [1.54, 1.807) is 0 Å². The molecule has 0 aliphatic carbocycles. The van der Waals surface area contributed by atoms with Gasteiger partial charge >= 0.3 is 0 Å². The van der Waals surface area contributed by atoms with Crippen LogP contribution < -0.4 is 5.14 Å². The highest BCUT2D eigenvalue weighted by Crippen LogP contribution is 2.08. The van der Waals surface area contributed by atoms with Crippen molar-refractivity contribution in [3.05, 3.63) is 0 Å². The Morgan fingerprint density at radius 3 is 1.80 bits per heavy atom. The average Bonchev–Trinajstić information content (AvgIpc) is 2.08. The van der Waals surface area contributed by atoms with Crippen molar-refractivity contribution in [1.82, 2.24) is 4.31 Å². The molecule has 0 radical (unpaired) electrons. The second-order valence-electron chi connectivity index (χ2n) is 2.15. The predicted molar refractivity (Wildman–Crippen MR) is 41.2 cm³/mol. The Hall–Kier alpha value is 0.160. The first-order chi connectivity index (χ1) is 4.11. The monoisotopic (exact) mass is 186 g/mol.